The molecule has 9 heteroatoms. The Morgan fingerprint density at radius 1 is 1.30 bits per heavy atom. The van der Waals surface area contributed by atoms with Crippen molar-refractivity contribution < 1.29 is 13.6 Å². The van der Waals surface area contributed by atoms with Crippen LogP contribution in [0.25, 0.3) is 11.5 Å². The monoisotopic (exact) mass is 385 g/mol. The van der Waals surface area contributed by atoms with Crippen molar-refractivity contribution in [2.45, 2.75) is 6.54 Å². The average molecular weight is 386 g/mol. The second kappa shape index (κ2) is 7.08. The molecule has 27 heavy (non-hydrogen) atoms. The van der Waals surface area contributed by atoms with Gasteiger partial charge in [0.2, 0.25) is 0 Å². The highest BCUT2D eigenvalue weighted by molar-refractivity contribution is 6.33. The Bertz CT molecular complexity index is 1090. The number of furan rings is 1. The first kappa shape index (κ1) is 17.0. The van der Waals surface area contributed by atoms with Gasteiger partial charge >= 0.3 is 0 Å². The highest BCUT2D eigenvalue weighted by Gasteiger charge is 2.16. The van der Waals surface area contributed by atoms with Crippen molar-refractivity contribution in [1.29, 1.82) is 0 Å². The number of hydrogen-bond donors (Lipinski definition) is 2. The average Bonchev–Trinajstić information content (AvgIpc) is 3.36. The highest BCUT2D eigenvalue weighted by Crippen LogP contribution is 2.22. The Hall–Kier alpha value is -3.39. The molecule has 0 saturated heterocycles. The molecule has 0 bridgehead atoms. The Morgan fingerprint density at radius 3 is 2.96 bits per heavy atom. The molecule has 0 aliphatic carbocycles. The zero-order valence-electron chi connectivity index (χ0n) is 13.8. The Balaban J connectivity index is 1.48. The summed E-state index contributed by atoms with van der Waals surface area (Å²) in [6.07, 6.45) is 3.09. The van der Waals surface area contributed by atoms with Crippen molar-refractivity contribution in [2.24, 2.45) is 0 Å². The number of amides is 1. The van der Waals surface area contributed by atoms with Gasteiger partial charge in [0.15, 0.2) is 17.3 Å². The molecule has 0 spiro atoms. The molecular weight excluding hydrogens is 373 g/mol. The molecule has 1 aromatic carbocycles. The quantitative estimate of drug-likeness (QED) is 0.544. The van der Waals surface area contributed by atoms with Gasteiger partial charge in [0.05, 0.1) is 12.8 Å². The molecule has 0 fully saturated rings. The van der Waals surface area contributed by atoms with Gasteiger partial charge in [-0.05, 0) is 29.8 Å². The molecule has 0 atom stereocenters. The number of halogens is 2. The number of benzene rings is 1. The van der Waals surface area contributed by atoms with Crippen molar-refractivity contribution >= 4 is 23.3 Å². The molecule has 4 rings (SSSR count). The first-order valence-corrected chi connectivity index (χ1v) is 8.34. The minimum Gasteiger partial charge on any atom is -0.463 e. The van der Waals surface area contributed by atoms with Crippen molar-refractivity contribution in [3.63, 3.8) is 0 Å². The molecule has 2 N–H and O–H groups in total. The molecule has 3 aromatic heterocycles. The van der Waals surface area contributed by atoms with E-state index in [0.717, 1.165) is 5.56 Å². The van der Waals surface area contributed by atoms with E-state index in [4.69, 9.17) is 16.0 Å². The maximum Gasteiger partial charge on any atom is 0.277 e. The summed E-state index contributed by atoms with van der Waals surface area (Å²) in [5.74, 6) is -0.0355. The lowest BCUT2D eigenvalue weighted by molar-refractivity contribution is 0.102. The van der Waals surface area contributed by atoms with E-state index < -0.39 is 5.91 Å². The van der Waals surface area contributed by atoms with Gasteiger partial charge in [-0.1, -0.05) is 23.7 Å². The van der Waals surface area contributed by atoms with Crippen LogP contribution in [0.1, 0.15) is 16.1 Å². The summed E-state index contributed by atoms with van der Waals surface area (Å²) in [5, 5.41) is 13.8. The van der Waals surface area contributed by atoms with Crippen molar-refractivity contribution in [3.05, 3.63) is 77.0 Å². The molecule has 1 amide bonds. The first-order chi connectivity index (χ1) is 13.1. The fourth-order valence-corrected chi connectivity index (χ4v) is 2.75. The number of rotatable bonds is 5. The van der Waals surface area contributed by atoms with Crippen LogP contribution in [0, 0.1) is 5.82 Å². The predicted molar refractivity (Wildman–Crippen MR) is 97.0 cm³/mol. The van der Waals surface area contributed by atoms with Crippen LogP contribution in [0.15, 0.2) is 59.3 Å². The van der Waals surface area contributed by atoms with Crippen LogP contribution in [0.5, 0.6) is 0 Å². The van der Waals surface area contributed by atoms with E-state index in [-0.39, 0.29) is 22.4 Å². The second-order valence-electron chi connectivity index (χ2n) is 5.75. The summed E-state index contributed by atoms with van der Waals surface area (Å²) < 4.78 is 20.1. The number of nitrogens with one attached hydrogen (secondary N) is 2. The van der Waals surface area contributed by atoms with Gasteiger partial charge in [0.1, 0.15) is 16.5 Å². The van der Waals surface area contributed by atoms with E-state index in [1.807, 2.05) is 0 Å². The van der Waals surface area contributed by atoms with Gasteiger partial charge in [0.25, 0.3) is 5.91 Å². The fraction of sp³-hybridized carbons (Fsp3) is 0.0556. The number of aromatic nitrogens is 4. The predicted octanol–water partition coefficient (Wildman–Crippen LogP) is 3.96. The minimum atomic E-state index is -0.470. The van der Waals surface area contributed by atoms with Gasteiger partial charge < -0.3 is 9.73 Å². The number of nitrogens with zero attached hydrogens (tertiary/aromatic N) is 3. The zero-order chi connectivity index (χ0) is 18.8. The molecule has 0 aliphatic heterocycles. The maximum absolute atomic E-state index is 13.3. The second-order valence-corrected chi connectivity index (χ2v) is 6.16. The summed E-state index contributed by atoms with van der Waals surface area (Å²) in [7, 11) is 0. The Morgan fingerprint density at radius 2 is 2.19 bits per heavy atom. The summed E-state index contributed by atoms with van der Waals surface area (Å²) in [6.45, 7) is 0.318. The van der Waals surface area contributed by atoms with Crippen LogP contribution in [0.3, 0.4) is 0 Å². The van der Waals surface area contributed by atoms with Crippen LogP contribution in [-0.4, -0.2) is 25.9 Å². The lowest BCUT2D eigenvalue weighted by atomic mass is 10.2. The molecule has 3 heterocycles. The normalized spacial score (nSPS) is 10.9. The van der Waals surface area contributed by atoms with E-state index in [1.54, 1.807) is 36.5 Å². The third-order valence-corrected chi connectivity index (χ3v) is 4.06. The first-order valence-electron chi connectivity index (χ1n) is 7.96. The van der Waals surface area contributed by atoms with Crippen LogP contribution >= 0.6 is 11.6 Å². The summed E-state index contributed by atoms with van der Waals surface area (Å²) in [4.78, 5) is 12.4. The van der Waals surface area contributed by atoms with E-state index in [9.17, 15) is 9.18 Å². The van der Waals surface area contributed by atoms with Gasteiger partial charge in [-0.2, -0.15) is 10.2 Å². The number of hydrogen-bond acceptors (Lipinski definition) is 4. The molecular formula is C18H13ClFN5O2. The maximum atomic E-state index is 13.3. The van der Waals surface area contributed by atoms with Crippen molar-refractivity contribution in [2.75, 3.05) is 5.32 Å². The third-order valence-electron chi connectivity index (χ3n) is 3.78. The van der Waals surface area contributed by atoms with Gasteiger partial charge in [-0.15, -0.1) is 0 Å². The van der Waals surface area contributed by atoms with Crippen LogP contribution < -0.4 is 5.32 Å². The third kappa shape index (κ3) is 3.75. The molecule has 0 unspecified atom stereocenters. The number of aromatic amines is 1. The topological polar surface area (TPSA) is 88.7 Å². The standard InChI is InChI=1S/C18H13ClFN5O2/c19-13-10-25(9-11-3-1-4-12(20)7-11)24-17(13)21-18(26)15-8-14(22-23-15)16-5-2-6-27-16/h1-8,10H,9H2,(H,22,23)(H,21,24,26). The van der Waals surface area contributed by atoms with E-state index in [2.05, 4.69) is 20.6 Å². The van der Waals surface area contributed by atoms with Crippen molar-refractivity contribution in [3.8, 4) is 11.5 Å². The lowest BCUT2D eigenvalue weighted by Crippen LogP contribution is -2.13. The molecule has 136 valence electrons. The Kier molecular flexibility index (Phi) is 4.47. The van der Waals surface area contributed by atoms with Gasteiger partial charge in [0, 0.05) is 12.3 Å². The molecule has 0 radical (unpaired) electrons. The molecule has 4 aromatic rings. The number of H-pyrrole nitrogens is 1. The number of carbonyl (C=O) groups is 1. The van der Waals surface area contributed by atoms with Crippen LogP contribution in [0.4, 0.5) is 10.2 Å². The summed E-state index contributed by atoms with van der Waals surface area (Å²) in [5.41, 5.74) is 1.47. The van der Waals surface area contributed by atoms with Gasteiger partial charge in [-0.25, -0.2) is 4.39 Å². The van der Waals surface area contributed by atoms with E-state index in [1.165, 1.54) is 23.1 Å². The van der Waals surface area contributed by atoms with Crippen LogP contribution in [-0.2, 0) is 6.54 Å². The number of carbonyl (C=O) groups excluding carboxylic acids is 1. The highest BCUT2D eigenvalue weighted by atomic mass is 35.5. The van der Waals surface area contributed by atoms with Gasteiger partial charge in [-0.3, -0.25) is 14.6 Å². The summed E-state index contributed by atoms with van der Waals surface area (Å²) in [6, 6.07) is 11.2. The van der Waals surface area contributed by atoms with E-state index >= 15 is 0 Å². The fourth-order valence-electron chi connectivity index (χ4n) is 2.55. The summed E-state index contributed by atoms with van der Waals surface area (Å²) >= 11 is 6.15. The smallest absolute Gasteiger partial charge is 0.277 e. The zero-order valence-corrected chi connectivity index (χ0v) is 14.6. The van der Waals surface area contributed by atoms with E-state index in [0.29, 0.717) is 18.0 Å². The Labute approximate surface area is 157 Å². The minimum absolute atomic E-state index is 0.164. The lowest BCUT2D eigenvalue weighted by Gasteiger charge is -2.02. The SMILES string of the molecule is O=C(Nc1nn(Cc2cccc(F)c2)cc1Cl)c1cc(-c2ccco2)[nH]n1. The molecule has 7 nitrogen and oxygen atoms in total. The molecule has 0 saturated carbocycles. The largest absolute Gasteiger partial charge is 0.463 e. The van der Waals surface area contributed by atoms with Crippen molar-refractivity contribution in [1.82, 2.24) is 20.0 Å². The molecule has 0 aliphatic rings. The number of anilines is 1. The van der Waals surface area contributed by atoms with Crippen LogP contribution in [0.2, 0.25) is 5.02 Å².